The van der Waals surface area contributed by atoms with Gasteiger partial charge in [-0.2, -0.15) is 0 Å². The van der Waals surface area contributed by atoms with Gasteiger partial charge < -0.3 is 15.1 Å². The highest BCUT2D eigenvalue weighted by Crippen LogP contribution is 2.29. The van der Waals surface area contributed by atoms with E-state index < -0.39 is 0 Å². The summed E-state index contributed by atoms with van der Waals surface area (Å²) in [5.74, 6) is 1.38. The molecule has 2 fully saturated rings. The summed E-state index contributed by atoms with van der Waals surface area (Å²) in [6.07, 6.45) is 3.55. The van der Waals surface area contributed by atoms with Crippen LogP contribution in [0.1, 0.15) is 40.0 Å². The van der Waals surface area contributed by atoms with Crippen LogP contribution < -0.4 is 15.1 Å². The first-order valence-electron chi connectivity index (χ1n) is 10.5. The van der Waals surface area contributed by atoms with Crippen LogP contribution in [-0.2, 0) is 4.79 Å². The second-order valence-corrected chi connectivity index (χ2v) is 8.52. The molecule has 1 amide bonds. The van der Waals surface area contributed by atoms with Crippen LogP contribution in [0.25, 0.3) is 0 Å². The Bertz CT molecular complexity index is 685. The number of nitrogens with zero attached hydrogens (tertiary/aromatic N) is 2. The summed E-state index contributed by atoms with van der Waals surface area (Å²) < 4.78 is 0. The molecule has 154 valence electrons. The van der Waals surface area contributed by atoms with Crippen molar-refractivity contribution in [1.29, 1.82) is 0 Å². The standard InChI is InChI=1S/C21H32N4O3/c1-15-5-4-6-20(16(15)2)22-21(26)17(3)23-11-13-24(14-12-23)18-7-9-19(10-8-18)25(27)28/h7-10,15-17,20H,4-6,11-14H2,1-3H3,(H,22,26)/p+1/t15-,16-,17-,20-/m1/s1. The van der Waals surface area contributed by atoms with Gasteiger partial charge in [-0.15, -0.1) is 0 Å². The second kappa shape index (κ2) is 8.90. The van der Waals surface area contributed by atoms with E-state index in [-0.39, 0.29) is 22.6 Å². The predicted octanol–water partition coefficient (Wildman–Crippen LogP) is 1.63. The zero-order chi connectivity index (χ0) is 20.3. The fourth-order valence-corrected chi connectivity index (χ4v) is 4.55. The number of non-ortho nitro benzene ring substituents is 1. The third kappa shape index (κ3) is 4.63. The predicted molar refractivity (Wildman–Crippen MR) is 110 cm³/mol. The van der Waals surface area contributed by atoms with Gasteiger partial charge in [0.1, 0.15) is 0 Å². The largest absolute Gasteiger partial charge is 0.360 e. The number of nitro groups is 1. The Labute approximate surface area is 167 Å². The Kier molecular flexibility index (Phi) is 6.54. The van der Waals surface area contributed by atoms with Crippen LogP contribution in [0.4, 0.5) is 11.4 Å². The van der Waals surface area contributed by atoms with Crippen molar-refractivity contribution < 1.29 is 14.6 Å². The summed E-state index contributed by atoms with van der Waals surface area (Å²) in [4.78, 5) is 26.8. The van der Waals surface area contributed by atoms with Crippen LogP contribution >= 0.6 is 0 Å². The maximum atomic E-state index is 12.8. The quantitative estimate of drug-likeness (QED) is 0.593. The lowest BCUT2D eigenvalue weighted by Gasteiger charge is -2.38. The van der Waals surface area contributed by atoms with E-state index in [1.807, 2.05) is 19.1 Å². The minimum absolute atomic E-state index is 0.0524. The van der Waals surface area contributed by atoms with E-state index in [0.717, 1.165) is 38.3 Å². The molecule has 2 N–H and O–H groups in total. The van der Waals surface area contributed by atoms with Crippen molar-refractivity contribution in [2.24, 2.45) is 11.8 Å². The number of carbonyl (C=O) groups excluding carboxylic acids is 1. The highest BCUT2D eigenvalue weighted by atomic mass is 16.6. The van der Waals surface area contributed by atoms with Crippen LogP contribution in [0.2, 0.25) is 0 Å². The SMILES string of the molecule is C[C@@H]1[C@H](C)CCC[C@H]1NC(=O)[C@@H](C)[NH+]1CCN(c2ccc([N+](=O)[O-])cc2)CC1. The maximum Gasteiger partial charge on any atom is 0.278 e. The van der Waals surface area contributed by atoms with Crippen LogP contribution in [0.3, 0.4) is 0 Å². The van der Waals surface area contributed by atoms with Gasteiger partial charge >= 0.3 is 0 Å². The van der Waals surface area contributed by atoms with Crippen molar-refractivity contribution >= 4 is 17.3 Å². The van der Waals surface area contributed by atoms with Gasteiger partial charge in [-0.25, -0.2) is 0 Å². The van der Waals surface area contributed by atoms with Gasteiger partial charge in [0, 0.05) is 23.9 Å². The number of anilines is 1. The lowest BCUT2D eigenvalue weighted by molar-refractivity contribution is -0.914. The lowest BCUT2D eigenvalue weighted by atomic mass is 9.78. The average Bonchev–Trinajstić information content (AvgIpc) is 2.71. The van der Waals surface area contributed by atoms with E-state index in [0.29, 0.717) is 17.9 Å². The maximum absolute atomic E-state index is 12.8. The first kappa shape index (κ1) is 20.6. The number of nitro benzene ring substituents is 1. The molecule has 2 aliphatic rings. The van der Waals surface area contributed by atoms with Crippen molar-refractivity contribution in [3.05, 3.63) is 34.4 Å². The van der Waals surface area contributed by atoms with E-state index in [1.54, 1.807) is 12.1 Å². The molecular weight excluding hydrogens is 356 g/mol. The Morgan fingerprint density at radius 1 is 1.21 bits per heavy atom. The Hall–Kier alpha value is -2.15. The molecule has 7 nitrogen and oxygen atoms in total. The molecule has 7 heteroatoms. The molecule has 0 unspecified atom stereocenters. The van der Waals surface area contributed by atoms with Gasteiger partial charge in [-0.1, -0.05) is 26.7 Å². The van der Waals surface area contributed by atoms with E-state index in [9.17, 15) is 14.9 Å². The van der Waals surface area contributed by atoms with Gasteiger partial charge in [0.2, 0.25) is 0 Å². The number of amides is 1. The fraction of sp³-hybridized carbons (Fsp3) is 0.667. The highest BCUT2D eigenvalue weighted by Gasteiger charge is 2.33. The number of carbonyl (C=O) groups is 1. The van der Waals surface area contributed by atoms with Gasteiger partial charge in [0.25, 0.3) is 11.6 Å². The van der Waals surface area contributed by atoms with Gasteiger partial charge in [-0.3, -0.25) is 14.9 Å². The third-order valence-electron chi connectivity index (χ3n) is 6.87. The van der Waals surface area contributed by atoms with E-state index in [2.05, 4.69) is 24.1 Å². The van der Waals surface area contributed by atoms with Crippen molar-refractivity contribution in [2.75, 3.05) is 31.1 Å². The lowest BCUT2D eigenvalue weighted by Crippen LogP contribution is -3.19. The van der Waals surface area contributed by atoms with Crippen LogP contribution in [-0.4, -0.2) is 49.1 Å². The highest BCUT2D eigenvalue weighted by molar-refractivity contribution is 5.80. The van der Waals surface area contributed by atoms with Gasteiger partial charge in [0.15, 0.2) is 6.04 Å². The summed E-state index contributed by atoms with van der Waals surface area (Å²) in [5, 5.41) is 14.1. The normalized spacial score (nSPS) is 27.2. The molecule has 4 atom stereocenters. The summed E-state index contributed by atoms with van der Waals surface area (Å²) in [6, 6.07) is 6.98. The number of piperazine rings is 1. The molecule has 1 aliphatic heterocycles. The molecule has 28 heavy (non-hydrogen) atoms. The molecule has 3 rings (SSSR count). The molecule has 1 aliphatic carbocycles. The number of quaternary nitrogens is 1. The molecule has 1 aromatic rings. The summed E-state index contributed by atoms with van der Waals surface area (Å²) in [7, 11) is 0. The van der Waals surface area contributed by atoms with Gasteiger partial charge in [0.05, 0.1) is 31.1 Å². The fourth-order valence-electron chi connectivity index (χ4n) is 4.55. The van der Waals surface area contributed by atoms with E-state index >= 15 is 0 Å². The number of benzene rings is 1. The Balaban J connectivity index is 1.51. The first-order chi connectivity index (χ1) is 13.4. The zero-order valence-electron chi connectivity index (χ0n) is 17.2. The second-order valence-electron chi connectivity index (χ2n) is 8.52. The van der Waals surface area contributed by atoms with Crippen LogP contribution in [0, 0.1) is 22.0 Å². The number of rotatable bonds is 5. The zero-order valence-corrected chi connectivity index (χ0v) is 17.2. The smallest absolute Gasteiger partial charge is 0.278 e. The molecule has 0 spiro atoms. The topological polar surface area (TPSA) is 79.9 Å². The van der Waals surface area contributed by atoms with Crippen molar-refractivity contribution in [3.8, 4) is 0 Å². The Morgan fingerprint density at radius 3 is 2.46 bits per heavy atom. The molecule has 0 aromatic heterocycles. The van der Waals surface area contributed by atoms with Crippen LogP contribution in [0.15, 0.2) is 24.3 Å². The molecule has 1 saturated heterocycles. The summed E-state index contributed by atoms with van der Waals surface area (Å²) in [5.41, 5.74) is 1.12. The number of hydrogen-bond donors (Lipinski definition) is 2. The third-order valence-corrected chi connectivity index (χ3v) is 6.87. The minimum Gasteiger partial charge on any atom is -0.360 e. The molecule has 0 bridgehead atoms. The molecule has 1 aromatic carbocycles. The Morgan fingerprint density at radius 2 is 1.86 bits per heavy atom. The van der Waals surface area contributed by atoms with E-state index in [1.165, 1.54) is 17.7 Å². The molecule has 1 heterocycles. The molecular formula is C21H33N4O3+. The summed E-state index contributed by atoms with van der Waals surface area (Å²) in [6.45, 7) is 10.1. The molecule has 0 radical (unpaired) electrons. The van der Waals surface area contributed by atoms with Crippen LogP contribution in [0.5, 0.6) is 0 Å². The summed E-state index contributed by atoms with van der Waals surface area (Å²) >= 11 is 0. The first-order valence-corrected chi connectivity index (χ1v) is 10.5. The molecule has 1 saturated carbocycles. The number of nitrogens with one attached hydrogen (secondary N) is 2. The van der Waals surface area contributed by atoms with Crippen molar-refractivity contribution in [1.82, 2.24) is 5.32 Å². The van der Waals surface area contributed by atoms with Crippen molar-refractivity contribution in [3.63, 3.8) is 0 Å². The van der Waals surface area contributed by atoms with E-state index in [4.69, 9.17) is 0 Å². The monoisotopic (exact) mass is 389 g/mol. The minimum atomic E-state index is -0.375. The van der Waals surface area contributed by atoms with Crippen molar-refractivity contribution in [2.45, 2.75) is 52.1 Å². The van der Waals surface area contributed by atoms with Gasteiger partial charge in [-0.05, 0) is 37.3 Å². The average molecular weight is 390 g/mol. The number of hydrogen-bond acceptors (Lipinski definition) is 4.